The molecule has 1 aliphatic heterocycles. The van der Waals surface area contributed by atoms with Crippen molar-refractivity contribution in [2.75, 3.05) is 17.6 Å². The van der Waals surface area contributed by atoms with Gasteiger partial charge in [-0.2, -0.15) is 0 Å². The van der Waals surface area contributed by atoms with Gasteiger partial charge in [0.2, 0.25) is 5.91 Å². The quantitative estimate of drug-likeness (QED) is 0.721. The monoisotopic (exact) mass is 309 g/mol. The number of amides is 2. The number of rotatable bonds is 2. The van der Waals surface area contributed by atoms with Gasteiger partial charge in [-0.1, -0.05) is 35.2 Å². The lowest BCUT2D eigenvalue weighted by molar-refractivity contribution is -0.117. The van der Waals surface area contributed by atoms with Gasteiger partial charge in [-0.05, 0) is 18.2 Å². The zero-order chi connectivity index (χ0) is 14.5. The molecule has 0 spiro atoms. The fourth-order valence-electron chi connectivity index (χ4n) is 1.62. The average molecular weight is 310 g/mol. The van der Waals surface area contributed by atoms with Gasteiger partial charge >= 0.3 is 0 Å². The number of carbonyl (C=O) groups excluding carboxylic acids is 2. The highest BCUT2D eigenvalue weighted by molar-refractivity contribution is 8.14. The molecule has 1 saturated heterocycles. The largest absolute Gasteiger partial charge is 0.334 e. The van der Waals surface area contributed by atoms with Crippen LogP contribution in [0.4, 0.5) is 10.5 Å². The van der Waals surface area contributed by atoms with Gasteiger partial charge in [0.25, 0.3) is 5.24 Å². The first-order valence-electron chi connectivity index (χ1n) is 5.83. The minimum Gasteiger partial charge on any atom is -0.334 e. The van der Waals surface area contributed by atoms with Crippen molar-refractivity contribution in [3.8, 4) is 11.8 Å². The SMILES string of the molecule is NCC#Cc1ccc(Cl)cc1NC(=O)C1CSC(=O)N1. The van der Waals surface area contributed by atoms with Crippen LogP contribution < -0.4 is 16.4 Å². The highest BCUT2D eigenvalue weighted by Gasteiger charge is 2.28. The molecule has 0 saturated carbocycles. The van der Waals surface area contributed by atoms with E-state index in [1.807, 2.05) is 0 Å². The smallest absolute Gasteiger partial charge is 0.279 e. The second-order valence-corrected chi connectivity index (χ2v) is 5.41. The number of nitrogens with one attached hydrogen (secondary N) is 2. The highest BCUT2D eigenvalue weighted by Crippen LogP contribution is 2.22. The number of thioether (sulfide) groups is 1. The molecule has 20 heavy (non-hydrogen) atoms. The van der Waals surface area contributed by atoms with E-state index in [2.05, 4.69) is 22.5 Å². The summed E-state index contributed by atoms with van der Waals surface area (Å²) in [6.07, 6.45) is 0. The molecule has 2 rings (SSSR count). The van der Waals surface area contributed by atoms with Gasteiger partial charge in [-0.25, -0.2) is 0 Å². The molecule has 0 bridgehead atoms. The van der Waals surface area contributed by atoms with Crippen molar-refractivity contribution in [2.45, 2.75) is 6.04 Å². The van der Waals surface area contributed by atoms with Gasteiger partial charge < -0.3 is 16.4 Å². The Morgan fingerprint density at radius 3 is 3.05 bits per heavy atom. The highest BCUT2D eigenvalue weighted by atomic mass is 35.5. The summed E-state index contributed by atoms with van der Waals surface area (Å²) < 4.78 is 0. The molecule has 104 valence electrons. The first kappa shape index (κ1) is 14.7. The summed E-state index contributed by atoms with van der Waals surface area (Å²) in [5.41, 5.74) is 6.47. The Morgan fingerprint density at radius 1 is 1.60 bits per heavy atom. The normalized spacial score (nSPS) is 17.1. The van der Waals surface area contributed by atoms with Crippen molar-refractivity contribution in [2.24, 2.45) is 5.73 Å². The molecule has 2 amide bonds. The van der Waals surface area contributed by atoms with Crippen LogP contribution in [-0.2, 0) is 4.79 Å². The van der Waals surface area contributed by atoms with E-state index in [1.165, 1.54) is 0 Å². The molecule has 1 fully saturated rings. The first-order chi connectivity index (χ1) is 9.60. The maximum absolute atomic E-state index is 12.0. The lowest BCUT2D eigenvalue weighted by Crippen LogP contribution is -2.38. The number of anilines is 1. The molecule has 0 radical (unpaired) electrons. The molecule has 5 nitrogen and oxygen atoms in total. The van der Waals surface area contributed by atoms with E-state index in [0.717, 1.165) is 11.8 Å². The van der Waals surface area contributed by atoms with Gasteiger partial charge in [-0.15, -0.1) is 0 Å². The molecule has 1 aromatic carbocycles. The molecule has 0 aliphatic carbocycles. The Morgan fingerprint density at radius 2 is 2.40 bits per heavy atom. The molecule has 1 heterocycles. The van der Waals surface area contributed by atoms with E-state index in [4.69, 9.17) is 17.3 Å². The summed E-state index contributed by atoms with van der Waals surface area (Å²) in [5, 5.41) is 5.60. The van der Waals surface area contributed by atoms with Crippen LogP contribution in [0, 0.1) is 11.8 Å². The maximum atomic E-state index is 12.0. The predicted octanol–water partition coefficient (Wildman–Crippen LogP) is 1.41. The Bertz CT molecular complexity index is 609. The summed E-state index contributed by atoms with van der Waals surface area (Å²) in [5.74, 6) is 5.71. The van der Waals surface area contributed by atoms with Gasteiger partial charge in [0.1, 0.15) is 6.04 Å². The third-order valence-electron chi connectivity index (χ3n) is 2.55. The van der Waals surface area contributed by atoms with Crippen molar-refractivity contribution in [1.29, 1.82) is 0 Å². The summed E-state index contributed by atoms with van der Waals surface area (Å²) >= 11 is 7.00. The molecular weight excluding hydrogens is 298 g/mol. The van der Waals surface area contributed by atoms with Crippen LogP contribution in [0.5, 0.6) is 0 Å². The Labute approximate surface area is 125 Å². The zero-order valence-corrected chi connectivity index (χ0v) is 12.0. The van der Waals surface area contributed by atoms with Crippen LogP contribution in [0.15, 0.2) is 18.2 Å². The Balaban J connectivity index is 2.17. The number of benzene rings is 1. The van der Waals surface area contributed by atoms with E-state index in [0.29, 0.717) is 22.0 Å². The standard InChI is InChI=1S/C13H12ClN3O2S/c14-9-4-3-8(2-1-5-15)10(6-9)16-12(18)11-7-20-13(19)17-11/h3-4,6,11H,5,7,15H2,(H,16,18)(H,17,19). The third-order valence-corrected chi connectivity index (χ3v) is 3.67. The zero-order valence-electron chi connectivity index (χ0n) is 10.4. The van der Waals surface area contributed by atoms with E-state index in [-0.39, 0.29) is 17.7 Å². The number of carbonyl (C=O) groups is 2. The number of nitrogens with two attached hydrogens (primary N) is 1. The fraction of sp³-hybridized carbons (Fsp3) is 0.231. The lowest BCUT2D eigenvalue weighted by Gasteiger charge is -2.12. The van der Waals surface area contributed by atoms with Crippen molar-refractivity contribution >= 4 is 40.2 Å². The second-order valence-electron chi connectivity index (χ2n) is 3.98. The summed E-state index contributed by atoms with van der Waals surface area (Å²) in [7, 11) is 0. The third kappa shape index (κ3) is 3.67. The first-order valence-corrected chi connectivity index (χ1v) is 7.19. The van der Waals surface area contributed by atoms with Crippen molar-refractivity contribution in [3.05, 3.63) is 28.8 Å². The molecule has 4 N–H and O–H groups in total. The molecule has 1 unspecified atom stereocenters. The summed E-state index contributed by atoms with van der Waals surface area (Å²) in [4.78, 5) is 23.1. The molecule has 1 aliphatic rings. The molecule has 0 aromatic heterocycles. The number of hydrogen-bond donors (Lipinski definition) is 3. The van der Waals surface area contributed by atoms with Crippen molar-refractivity contribution in [1.82, 2.24) is 5.32 Å². The van der Waals surface area contributed by atoms with Crippen LogP contribution >= 0.6 is 23.4 Å². The summed E-state index contributed by atoms with van der Waals surface area (Å²) in [6, 6.07) is 4.47. The van der Waals surface area contributed by atoms with Crippen LogP contribution in [-0.4, -0.2) is 29.5 Å². The Kier molecular flexibility index (Phi) is 4.90. The minimum atomic E-state index is -0.540. The van der Waals surface area contributed by atoms with Crippen LogP contribution in [0.1, 0.15) is 5.56 Å². The second kappa shape index (κ2) is 6.66. The van der Waals surface area contributed by atoms with Gasteiger partial charge in [0, 0.05) is 16.3 Å². The molecular formula is C13H12ClN3O2S. The predicted molar refractivity (Wildman–Crippen MR) is 80.8 cm³/mol. The Hall–Kier alpha value is -1.68. The van der Waals surface area contributed by atoms with E-state index >= 15 is 0 Å². The molecule has 1 atom stereocenters. The van der Waals surface area contributed by atoms with E-state index in [1.54, 1.807) is 18.2 Å². The van der Waals surface area contributed by atoms with Gasteiger partial charge in [-0.3, -0.25) is 9.59 Å². The van der Waals surface area contributed by atoms with E-state index in [9.17, 15) is 9.59 Å². The van der Waals surface area contributed by atoms with Crippen LogP contribution in [0.2, 0.25) is 5.02 Å². The number of halogens is 1. The topological polar surface area (TPSA) is 84.2 Å². The van der Waals surface area contributed by atoms with Gasteiger partial charge in [0.05, 0.1) is 12.2 Å². The average Bonchev–Trinajstić information content (AvgIpc) is 2.85. The minimum absolute atomic E-state index is 0.195. The van der Waals surface area contributed by atoms with Crippen LogP contribution in [0.3, 0.4) is 0 Å². The fourth-order valence-corrected chi connectivity index (χ4v) is 2.57. The van der Waals surface area contributed by atoms with Crippen molar-refractivity contribution < 1.29 is 9.59 Å². The summed E-state index contributed by atoms with van der Waals surface area (Å²) in [6.45, 7) is 0.228. The lowest BCUT2D eigenvalue weighted by atomic mass is 10.1. The molecule has 7 heteroatoms. The van der Waals surface area contributed by atoms with Crippen molar-refractivity contribution in [3.63, 3.8) is 0 Å². The molecule has 1 aromatic rings. The number of hydrogen-bond acceptors (Lipinski definition) is 4. The van der Waals surface area contributed by atoms with E-state index < -0.39 is 6.04 Å². The van der Waals surface area contributed by atoms with Crippen LogP contribution in [0.25, 0.3) is 0 Å². The maximum Gasteiger partial charge on any atom is 0.279 e. The van der Waals surface area contributed by atoms with Gasteiger partial charge in [0.15, 0.2) is 0 Å².